The Balaban J connectivity index is 2.13. The van der Waals surface area contributed by atoms with Crippen LogP contribution in [0.25, 0.3) is 0 Å². The number of benzene rings is 2. The van der Waals surface area contributed by atoms with Crippen molar-refractivity contribution < 1.29 is 14.9 Å². The molecule has 0 heterocycles. The summed E-state index contributed by atoms with van der Waals surface area (Å²) < 4.78 is 5.63. The predicted octanol–water partition coefficient (Wildman–Crippen LogP) is 3.07. The Bertz CT molecular complexity index is 523. The number of ether oxygens (including phenoxy) is 1. The van der Waals surface area contributed by atoms with Crippen molar-refractivity contribution in [3.05, 3.63) is 59.7 Å². The third-order valence-electron chi connectivity index (χ3n) is 3.07. The second kappa shape index (κ2) is 6.25. The summed E-state index contributed by atoms with van der Waals surface area (Å²) in [7, 11) is 0. The summed E-state index contributed by atoms with van der Waals surface area (Å²) in [4.78, 5) is 0. The lowest BCUT2D eigenvalue weighted by atomic mass is 10.0. The van der Waals surface area contributed by atoms with Crippen LogP contribution in [0.2, 0.25) is 0 Å². The van der Waals surface area contributed by atoms with Gasteiger partial charge in [0.25, 0.3) is 0 Å². The number of rotatable bonds is 5. The van der Waals surface area contributed by atoms with Crippen LogP contribution in [0, 0.1) is 0 Å². The number of para-hydroxylation sites is 1. The first-order valence-electron chi connectivity index (χ1n) is 6.32. The van der Waals surface area contributed by atoms with E-state index < -0.39 is 0 Å². The average molecular weight is 258 g/mol. The molecule has 0 bridgehead atoms. The van der Waals surface area contributed by atoms with Crippen molar-refractivity contribution in [1.29, 1.82) is 0 Å². The van der Waals surface area contributed by atoms with E-state index in [4.69, 9.17) is 9.84 Å². The van der Waals surface area contributed by atoms with Gasteiger partial charge in [0.1, 0.15) is 6.61 Å². The number of hydrogen-bond acceptors (Lipinski definition) is 3. The number of phenolic OH excluding ortho intramolecular Hbond substituents is 1. The molecule has 0 amide bonds. The molecule has 0 aromatic heterocycles. The predicted molar refractivity (Wildman–Crippen MR) is 74.4 cm³/mol. The fourth-order valence-electron chi connectivity index (χ4n) is 1.89. The van der Waals surface area contributed by atoms with E-state index in [0.29, 0.717) is 17.9 Å². The van der Waals surface area contributed by atoms with Gasteiger partial charge >= 0.3 is 0 Å². The van der Waals surface area contributed by atoms with Crippen LogP contribution >= 0.6 is 0 Å². The summed E-state index contributed by atoms with van der Waals surface area (Å²) in [5.74, 6) is 0.446. The van der Waals surface area contributed by atoms with Gasteiger partial charge < -0.3 is 14.9 Å². The van der Waals surface area contributed by atoms with E-state index in [1.165, 1.54) is 0 Å². The van der Waals surface area contributed by atoms with E-state index in [-0.39, 0.29) is 18.3 Å². The maximum absolute atomic E-state index is 10.1. The quantitative estimate of drug-likeness (QED) is 0.866. The topological polar surface area (TPSA) is 49.7 Å². The zero-order valence-electron chi connectivity index (χ0n) is 10.9. The summed E-state index contributed by atoms with van der Waals surface area (Å²) in [6.07, 6.45) is 0. The molecule has 0 aliphatic carbocycles. The lowest BCUT2D eigenvalue weighted by Gasteiger charge is -2.14. The third kappa shape index (κ3) is 3.26. The molecule has 0 saturated carbocycles. The van der Waals surface area contributed by atoms with E-state index in [1.54, 1.807) is 12.1 Å². The highest BCUT2D eigenvalue weighted by Gasteiger charge is 2.13. The van der Waals surface area contributed by atoms with Gasteiger partial charge in [0.05, 0.1) is 0 Å². The fourth-order valence-corrected chi connectivity index (χ4v) is 1.89. The fraction of sp³-hybridized carbons (Fsp3) is 0.250. The lowest BCUT2D eigenvalue weighted by Crippen LogP contribution is -2.01. The minimum Gasteiger partial charge on any atom is -0.504 e. The van der Waals surface area contributed by atoms with E-state index >= 15 is 0 Å². The highest BCUT2D eigenvalue weighted by Crippen LogP contribution is 2.34. The van der Waals surface area contributed by atoms with Gasteiger partial charge in [-0.15, -0.1) is 0 Å². The smallest absolute Gasteiger partial charge is 0.161 e. The Hall–Kier alpha value is -2.00. The van der Waals surface area contributed by atoms with E-state index in [0.717, 1.165) is 5.56 Å². The molecule has 0 fully saturated rings. The van der Waals surface area contributed by atoms with E-state index in [9.17, 15) is 5.11 Å². The van der Waals surface area contributed by atoms with Crippen molar-refractivity contribution in [1.82, 2.24) is 0 Å². The second-order valence-electron chi connectivity index (χ2n) is 4.55. The number of aromatic hydroxyl groups is 1. The number of hydrogen-bond donors (Lipinski definition) is 2. The molecule has 19 heavy (non-hydrogen) atoms. The highest BCUT2D eigenvalue weighted by molar-refractivity contribution is 5.47. The lowest BCUT2D eigenvalue weighted by molar-refractivity contribution is 0.264. The van der Waals surface area contributed by atoms with Gasteiger partial charge in [-0.2, -0.15) is 0 Å². The minimum atomic E-state index is -0.111. The van der Waals surface area contributed by atoms with Crippen LogP contribution < -0.4 is 4.74 Å². The highest BCUT2D eigenvalue weighted by atomic mass is 16.5. The molecule has 2 aromatic rings. The van der Waals surface area contributed by atoms with Crippen LogP contribution in [0.4, 0.5) is 0 Å². The molecule has 100 valence electrons. The van der Waals surface area contributed by atoms with Gasteiger partial charge in [0.2, 0.25) is 0 Å². The standard InChI is InChI=1S/C16H18O3/c1-12(10-17)14-8-5-9-15(16(14)18)19-11-13-6-3-2-4-7-13/h2-9,12,17-18H,10-11H2,1H3. The van der Waals surface area contributed by atoms with Gasteiger partial charge in [-0.25, -0.2) is 0 Å². The molecule has 2 N–H and O–H groups in total. The molecule has 1 unspecified atom stereocenters. The second-order valence-corrected chi connectivity index (χ2v) is 4.55. The van der Waals surface area contributed by atoms with Crippen LogP contribution in [0.5, 0.6) is 11.5 Å². The summed E-state index contributed by atoms with van der Waals surface area (Å²) >= 11 is 0. The van der Waals surface area contributed by atoms with Gasteiger partial charge in [-0.3, -0.25) is 0 Å². The van der Waals surface area contributed by atoms with Gasteiger partial charge in [0.15, 0.2) is 11.5 Å². The third-order valence-corrected chi connectivity index (χ3v) is 3.07. The Morgan fingerprint density at radius 3 is 2.47 bits per heavy atom. The molecule has 1 atom stereocenters. The molecule has 3 nitrogen and oxygen atoms in total. The molecule has 0 radical (unpaired) electrons. The van der Waals surface area contributed by atoms with Gasteiger partial charge in [0, 0.05) is 18.1 Å². The molecule has 2 rings (SSSR count). The zero-order valence-corrected chi connectivity index (χ0v) is 10.9. The van der Waals surface area contributed by atoms with Crippen molar-refractivity contribution in [3.8, 4) is 11.5 Å². The van der Waals surface area contributed by atoms with Crippen molar-refractivity contribution >= 4 is 0 Å². The Kier molecular flexibility index (Phi) is 4.42. The summed E-state index contributed by atoms with van der Waals surface area (Å²) in [6.45, 7) is 2.26. The van der Waals surface area contributed by atoms with Crippen molar-refractivity contribution in [2.45, 2.75) is 19.4 Å². The first-order chi connectivity index (χ1) is 9.22. The first kappa shape index (κ1) is 13.4. The minimum absolute atomic E-state index is 0.00427. The van der Waals surface area contributed by atoms with Crippen molar-refractivity contribution in [2.24, 2.45) is 0 Å². The molecule has 3 heteroatoms. The molecular weight excluding hydrogens is 240 g/mol. The summed E-state index contributed by atoms with van der Waals surface area (Å²) in [6, 6.07) is 15.1. The normalized spacial score (nSPS) is 12.1. The van der Waals surface area contributed by atoms with E-state index in [2.05, 4.69) is 0 Å². The van der Waals surface area contributed by atoms with Gasteiger partial charge in [-0.1, -0.05) is 49.4 Å². The van der Waals surface area contributed by atoms with Crippen LogP contribution in [0.3, 0.4) is 0 Å². The summed E-state index contributed by atoms with van der Waals surface area (Å²) in [5.41, 5.74) is 1.75. The number of aliphatic hydroxyl groups is 1. The maximum Gasteiger partial charge on any atom is 0.161 e. The summed E-state index contributed by atoms with van der Waals surface area (Å²) in [5, 5.41) is 19.3. The molecular formula is C16H18O3. The SMILES string of the molecule is CC(CO)c1cccc(OCc2ccccc2)c1O. The van der Waals surface area contributed by atoms with Crippen LogP contribution in [0.15, 0.2) is 48.5 Å². The van der Waals surface area contributed by atoms with Crippen LogP contribution in [0.1, 0.15) is 24.0 Å². The van der Waals surface area contributed by atoms with Crippen LogP contribution in [-0.2, 0) is 6.61 Å². The van der Waals surface area contributed by atoms with Crippen molar-refractivity contribution in [2.75, 3.05) is 6.61 Å². The van der Waals surface area contributed by atoms with E-state index in [1.807, 2.05) is 43.3 Å². The number of aliphatic hydroxyl groups excluding tert-OH is 1. The molecule has 0 spiro atoms. The molecule has 2 aromatic carbocycles. The molecule has 0 aliphatic heterocycles. The average Bonchev–Trinajstić information content (AvgIpc) is 2.46. The Morgan fingerprint density at radius 1 is 1.05 bits per heavy atom. The Labute approximate surface area is 113 Å². The Morgan fingerprint density at radius 2 is 1.79 bits per heavy atom. The maximum atomic E-state index is 10.1. The molecule has 0 aliphatic rings. The number of phenols is 1. The monoisotopic (exact) mass is 258 g/mol. The van der Waals surface area contributed by atoms with Crippen LogP contribution in [-0.4, -0.2) is 16.8 Å². The zero-order chi connectivity index (χ0) is 13.7. The largest absolute Gasteiger partial charge is 0.504 e. The molecule has 0 saturated heterocycles. The van der Waals surface area contributed by atoms with Crippen molar-refractivity contribution in [3.63, 3.8) is 0 Å². The van der Waals surface area contributed by atoms with Gasteiger partial charge in [-0.05, 0) is 11.6 Å². The first-order valence-corrected chi connectivity index (χ1v) is 6.32.